The van der Waals surface area contributed by atoms with Gasteiger partial charge in [-0.2, -0.15) is 5.10 Å². The molecular weight excluding hydrogens is 432 g/mol. The number of benzene rings is 1. The van der Waals surface area contributed by atoms with Crippen molar-refractivity contribution in [2.24, 2.45) is 4.99 Å². The maximum Gasteiger partial charge on any atom is 0.369 e. The maximum atomic E-state index is 11.9. The van der Waals surface area contributed by atoms with Gasteiger partial charge in [0.15, 0.2) is 0 Å². The lowest BCUT2D eigenvalue weighted by atomic mass is 9.63. The maximum absolute atomic E-state index is 11.9. The zero-order chi connectivity index (χ0) is 24.3. The first-order valence-corrected chi connectivity index (χ1v) is 11.2. The zero-order valence-electron chi connectivity index (χ0n) is 19.2. The minimum atomic E-state index is -0.504. The Morgan fingerprint density at radius 1 is 1.21 bits per heavy atom. The van der Waals surface area contributed by atoms with Crippen LogP contribution in [0, 0.1) is 5.41 Å². The Labute approximate surface area is 197 Å². The number of nitrogen functional groups attached to an aromatic ring is 1. The molecule has 0 radical (unpaired) electrons. The Bertz CT molecular complexity index is 1210. The molecule has 176 valence electrons. The molecule has 1 aliphatic carbocycles. The number of carbonyl (C=O) groups is 1. The van der Waals surface area contributed by atoms with Gasteiger partial charge in [0, 0.05) is 30.2 Å². The third-order valence-corrected chi connectivity index (χ3v) is 5.99. The van der Waals surface area contributed by atoms with E-state index in [1.54, 1.807) is 18.6 Å². The summed E-state index contributed by atoms with van der Waals surface area (Å²) in [5.74, 6) is 0.207. The van der Waals surface area contributed by atoms with E-state index in [0.717, 1.165) is 36.0 Å². The van der Waals surface area contributed by atoms with E-state index in [0.29, 0.717) is 5.56 Å². The number of amidine groups is 1. The van der Waals surface area contributed by atoms with E-state index < -0.39 is 5.41 Å². The molecule has 4 rings (SSSR count). The van der Waals surface area contributed by atoms with Crippen molar-refractivity contribution in [2.75, 3.05) is 5.73 Å². The summed E-state index contributed by atoms with van der Waals surface area (Å²) in [5, 5.41) is 24.1. The summed E-state index contributed by atoms with van der Waals surface area (Å²) >= 11 is 0. The Morgan fingerprint density at radius 2 is 1.88 bits per heavy atom. The normalized spacial score (nSPS) is 15.1. The number of hydrogen-bond donors (Lipinski definition) is 3. The molecule has 3 aromatic rings. The minimum absolute atomic E-state index is 0.0394. The molecule has 1 aliphatic rings. The second-order valence-corrected chi connectivity index (χ2v) is 8.80. The number of nitrogens with one attached hydrogen (secondary N) is 2. The topological polar surface area (TPSA) is 158 Å². The van der Waals surface area contributed by atoms with Gasteiger partial charge in [-0.3, -0.25) is 14.9 Å². The van der Waals surface area contributed by atoms with Gasteiger partial charge in [-0.1, -0.05) is 30.7 Å². The summed E-state index contributed by atoms with van der Waals surface area (Å²) in [7, 11) is 0. The van der Waals surface area contributed by atoms with Crippen LogP contribution in [0.4, 0.5) is 5.95 Å². The van der Waals surface area contributed by atoms with E-state index in [-0.39, 0.29) is 36.2 Å². The van der Waals surface area contributed by atoms with Gasteiger partial charge < -0.3 is 16.2 Å². The molecule has 0 bridgehead atoms. The fraction of sp³-hybridized carbons (Fsp3) is 0.333. The third-order valence-electron chi connectivity index (χ3n) is 5.99. The second kappa shape index (κ2) is 9.42. The lowest BCUT2D eigenvalue weighted by Crippen LogP contribution is -2.41. The van der Waals surface area contributed by atoms with E-state index in [4.69, 9.17) is 16.2 Å². The molecular formula is C24H29N8O2+. The molecule has 1 aromatic carbocycles. The monoisotopic (exact) mass is 461 g/mol. The Balaban J connectivity index is 1.50. The average Bonchev–Trinajstić information content (AvgIpc) is 3.22. The number of nitrogens with two attached hydrogens (primary N) is 1. The predicted molar refractivity (Wildman–Crippen MR) is 131 cm³/mol. The van der Waals surface area contributed by atoms with Crippen molar-refractivity contribution in [1.82, 2.24) is 25.1 Å². The van der Waals surface area contributed by atoms with Crippen LogP contribution in [0.3, 0.4) is 0 Å². The van der Waals surface area contributed by atoms with Crippen molar-refractivity contribution in [3.63, 3.8) is 0 Å². The summed E-state index contributed by atoms with van der Waals surface area (Å²) in [6.07, 6.45) is 9.09. The molecule has 10 heteroatoms. The number of carbonyl (C=O) groups excluding carboxylic acids is 1. The van der Waals surface area contributed by atoms with Crippen molar-refractivity contribution in [2.45, 2.75) is 51.1 Å². The molecule has 0 spiro atoms. The fourth-order valence-corrected chi connectivity index (χ4v) is 4.03. The standard InChI is InChI=1S/C24H28N8O2/c1-15(2)30-20(33)14-32-13-18(12-29-32)21(34)31-22(25)24(8-3-9-24)19-6-4-16(5-7-19)17-10-27-23(26)28-11-17/h4-7,10-13,15H,3,8-9,14H2,1-2H3,(H,30,33)(H2,25,31,34)(H2,26,27,28)/p+1. The van der Waals surface area contributed by atoms with Crippen LogP contribution in [0.25, 0.3) is 11.1 Å². The quantitative estimate of drug-likeness (QED) is 0.278. The minimum Gasteiger partial charge on any atom is -0.578 e. The molecule has 2 heterocycles. The number of aromatic nitrogens is 4. The van der Waals surface area contributed by atoms with E-state index in [1.807, 2.05) is 38.1 Å². The summed E-state index contributed by atoms with van der Waals surface area (Å²) in [6.45, 7) is 3.85. The van der Waals surface area contributed by atoms with Crippen LogP contribution >= 0.6 is 0 Å². The van der Waals surface area contributed by atoms with Crippen LogP contribution in [-0.4, -0.2) is 48.5 Å². The Morgan fingerprint density at radius 3 is 2.47 bits per heavy atom. The first-order valence-electron chi connectivity index (χ1n) is 11.2. The van der Waals surface area contributed by atoms with E-state index in [2.05, 4.69) is 25.4 Å². The number of aliphatic imine (C=N–C) groups is 1. The highest BCUT2D eigenvalue weighted by molar-refractivity contribution is 6.04. The largest absolute Gasteiger partial charge is 0.578 e. The van der Waals surface area contributed by atoms with Crippen molar-refractivity contribution >= 4 is 23.6 Å². The lowest BCUT2D eigenvalue weighted by molar-refractivity contribution is -0.122. The van der Waals surface area contributed by atoms with Crippen molar-refractivity contribution in [3.05, 3.63) is 60.2 Å². The highest BCUT2D eigenvalue weighted by Crippen LogP contribution is 2.45. The van der Waals surface area contributed by atoms with Gasteiger partial charge in [0.2, 0.25) is 11.9 Å². The average molecular weight is 462 g/mol. The number of rotatable bonds is 7. The Kier molecular flexibility index (Phi) is 6.40. The Hall–Kier alpha value is -4.08. The molecule has 34 heavy (non-hydrogen) atoms. The van der Waals surface area contributed by atoms with Crippen LogP contribution in [-0.2, 0) is 16.8 Å². The molecule has 0 aliphatic heterocycles. The van der Waals surface area contributed by atoms with E-state index in [9.17, 15) is 4.79 Å². The number of nitrogens with zero attached hydrogens (tertiary/aromatic N) is 5. The van der Waals surface area contributed by atoms with E-state index in [1.165, 1.54) is 10.9 Å². The van der Waals surface area contributed by atoms with Gasteiger partial charge in [0.05, 0.1) is 11.6 Å². The van der Waals surface area contributed by atoms with Crippen LogP contribution in [0.15, 0.2) is 54.0 Å². The first kappa shape index (κ1) is 23.1. The summed E-state index contributed by atoms with van der Waals surface area (Å²) < 4.78 is 1.47. The van der Waals surface area contributed by atoms with Crippen molar-refractivity contribution in [1.29, 1.82) is 5.41 Å². The van der Waals surface area contributed by atoms with Gasteiger partial charge in [-0.05, 0) is 37.8 Å². The van der Waals surface area contributed by atoms with Crippen LogP contribution < -0.4 is 11.1 Å². The number of hydrogen-bond acceptors (Lipinski definition) is 6. The highest BCUT2D eigenvalue weighted by Gasteiger charge is 2.43. The molecule has 1 amide bonds. The van der Waals surface area contributed by atoms with Crippen molar-refractivity contribution in [3.8, 4) is 11.1 Å². The highest BCUT2D eigenvalue weighted by atomic mass is 16.3. The molecule has 1 fully saturated rings. The van der Waals surface area contributed by atoms with Gasteiger partial charge in [0.25, 0.3) is 0 Å². The van der Waals surface area contributed by atoms with Crippen LogP contribution in [0.5, 0.6) is 0 Å². The molecule has 0 saturated heterocycles. The molecule has 10 nitrogen and oxygen atoms in total. The van der Waals surface area contributed by atoms with Crippen LogP contribution in [0.2, 0.25) is 0 Å². The van der Waals surface area contributed by atoms with E-state index >= 15 is 0 Å². The summed E-state index contributed by atoms with van der Waals surface area (Å²) in [6, 6.07) is 8.02. The first-order chi connectivity index (χ1) is 16.3. The smallest absolute Gasteiger partial charge is 0.369 e. The lowest BCUT2D eigenvalue weighted by Gasteiger charge is -2.41. The third kappa shape index (κ3) is 4.80. The molecule has 6 N–H and O–H groups in total. The van der Waals surface area contributed by atoms with Crippen LogP contribution in [0.1, 0.15) is 44.2 Å². The van der Waals surface area contributed by atoms with Crippen molar-refractivity contribution < 1.29 is 9.90 Å². The van der Waals surface area contributed by atoms with Gasteiger partial charge >= 0.3 is 5.90 Å². The molecule has 0 atom stereocenters. The number of amides is 1. The van der Waals surface area contributed by atoms with Gasteiger partial charge in [-0.25, -0.2) is 9.97 Å². The molecule has 1 saturated carbocycles. The second-order valence-electron chi connectivity index (χ2n) is 8.80. The predicted octanol–water partition coefficient (Wildman–Crippen LogP) is 2.02. The van der Waals surface area contributed by atoms with Gasteiger partial charge in [-0.15, -0.1) is 4.99 Å². The summed E-state index contributed by atoms with van der Waals surface area (Å²) in [5.41, 5.74) is 8.36. The molecule has 2 aromatic heterocycles. The zero-order valence-corrected chi connectivity index (χ0v) is 19.2. The number of anilines is 1. The SMILES string of the molecule is CC(C)NC(=O)Cn1cc(C([OH2+])=NC(=N)C2(c3ccc(-c4cnc(N)nc4)cc3)CCC2)cn1. The van der Waals surface area contributed by atoms with Gasteiger partial charge in [0.1, 0.15) is 17.9 Å². The molecule has 0 unspecified atom stereocenters. The summed E-state index contributed by atoms with van der Waals surface area (Å²) in [4.78, 5) is 24.4. The fourth-order valence-electron chi connectivity index (χ4n) is 4.03.